The molecule has 6 fully saturated rings. The summed E-state index contributed by atoms with van der Waals surface area (Å²) in [7, 11) is 1.21. The van der Waals surface area contributed by atoms with Gasteiger partial charge in [-0.2, -0.15) is 0 Å². The molecule has 1 aromatic carbocycles. The van der Waals surface area contributed by atoms with Crippen molar-refractivity contribution in [1.82, 2.24) is 26.6 Å². The molecule has 6 aliphatic heterocycles. The smallest absolute Gasteiger partial charge is 0.251 e. The lowest BCUT2D eigenvalue weighted by atomic mass is 9.93. The first-order chi connectivity index (χ1) is 47.2. The van der Waals surface area contributed by atoms with Crippen LogP contribution < -0.4 is 31.3 Å². The van der Waals surface area contributed by atoms with Crippen LogP contribution in [0.5, 0.6) is 5.75 Å². The van der Waals surface area contributed by atoms with Gasteiger partial charge in [-0.1, -0.05) is 64.4 Å². The summed E-state index contributed by atoms with van der Waals surface area (Å²) in [6.45, 7) is 3.61. The molecule has 6 saturated heterocycles. The van der Waals surface area contributed by atoms with E-state index < -0.39 is 246 Å². The number of aliphatic hydroxyl groups excluding tert-OH is 13. The molecule has 0 aromatic heterocycles. The second-order valence-electron chi connectivity index (χ2n) is 25.6. The van der Waals surface area contributed by atoms with Crippen molar-refractivity contribution in [2.24, 2.45) is 0 Å². The minimum absolute atomic E-state index is 0.0622. The van der Waals surface area contributed by atoms with Crippen LogP contribution >= 0.6 is 0 Å². The van der Waals surface area contributed by atoms with E-state index in [0.29, 0.717) is 12.4 Å². The van der Waals surface area contributed by atoms with E-state index in [1.165, 1.54) is 58.3 Å². The number of carbonyl (C=O) groups is 5. The lowest BCUT2D eigenvalue weighted by Gasteiger charge is -2.51. The Kier molecular flexibility index (Phi) is 32.0. The Bertz CT molecular complexity index is 2680. The maximum atomic E-state index is 14.0. The molecule has 7 rings (SSSR count). The van der Waals surface area contributed by atoms with Gasteiger partial charge >= 0.3 is 0 Å². The maximum absolute atomic E-state index is 14.0. The Labute approximate surface area is 572 Å². The van der Waals surface area contributed by atoms with E-state index in [0.717, 1.165) is 53.4 Å². The predicted octanol–water partition coefficient (Wildman–Crippen LogP) is -6.50. The summed E-state index contributed by atoms with van der Waals surface area (Å²) >= 11 is 0. The highest BCUT2D eigenvalue weighted by molar-refractivity contribution is 5.94. The van der Waals surface area contributed by atoms with Gasteiger partial charge in [-0.15, -0.1) is 0 Å². The van der Waals surface area contributed by atoms with E-state index >= 15 is 0 Å². The van der Waals surface area contributed by atoms with Crippen molar-refractivity contribution in [2.75, 3.05) is 46.8 Å². The third-order valence-electron chi connectivity index (χ3n) is 18.2. The lowest BCUT2D eigenvalue weighted by Crippen LogP contribution is -2.72. The molecular formula is C63H103N5O31. The molecule has 36 heteroatoms. The van der Waals surface area contributed by atoms with Crippen LogP contribution in [-0.2, 0) is 76.0 Å². The second kappa shape index (κ2) is 38.8. The third kappa shape index (κ3) is 21.1. The molecule has 36 nitrogen and oxygen atoms in total. The summed E-state index contributed by atoms with van der Waals surface area (Å²) in [4.78, 5) is 65.1. The van der Waals surface area contributed by atoms with Crippen LogP contribution in [0.2, 0.25) is 0 Å². The maximum Gasteiger partial charge on any atom is 0.251 e. The van der Waals surface area contributed by atoms with E-state index in [1.807, 2.05) is 0 Å². The fraction of sp³-hybridized carbons (Fsp3) is 0.825. The van der Waals surface area contributed by atoms with Gasteiger partial charge in [0.15, 0.2) is 37.7 Å². The largest absolute Gasteiger partial charge is 0.494 e. The average Bonchev–Trinajstić information content (AvgIpc) is 0.771. The zero-order valence-electron chi connectivity index (χ0n) is 56.4. The number of carbonyl (C=O) groups excluding carboxylic acids is 5. The van der Waals surface area contributed by atoms with Crippen molar-refractivity contribution in [3.8, 4) is 5.75 Å². The van der Waals surface area contributed by atoms with Gasteiger partial charge in [-0.25, -0.2) is 0 Å². The first kappa shape index (κ1) is 81.7. The van der Waals surface area contributed by atoms with Gasteiger partial charge in [-0.3, -0.25) is 24.0 Å². The Morgan fingerprint density at radius 1 is 0.434 bits per heavy atom. The highest BCUT2D eigenvalue weighted by Crippen LogP contribution is 2.37. The van der Waals surface area contributed by atoms with Crippen LogP contribution in [0.1, 0.15) is 110 Å². The summed E-state index contributed by atoms with van der Waals surface area (Å²) in [5.41, 5.74) is 0.0622. The van der Waals surface area contributed by atoms with Crippen molar-refractivity contribution in [2.45, 2.75) is 283 Å². The fourth-order valence-electron chi connectivity index (χ4n) is 13.0. The average molecular weight is 1430 g/mol. The summed E-state index contributed by atoms with van der Waals surface area (Å²) in [5.74, 6) is -3.63. The number of rotatable bonds is 33. The van der Waals surface area contributed by atoms with Crippen LogP contribution in [0, 0.1) is 0 Å². The van der Waals surface area contributed by atoms with E-state index in [-0.39, 0.29) is 5.56 Å². The fourth-order valence-corrected chi connectivity index (χ4v) is 13.0. The SMILES string of the molecule is CCCCCCCCCCCOc1cccc(C(=O)N[C@H]2C(O[C@H]3C(O)C(NC(C)=O)C(OC4C(CO)O[C@@H](O[C@H]5C(O)C(NC(C)=O)C(OC6C(CO[C@H]7OC(C)C(O)[C@@H](O)[C@@H]7OC)OC(O)[C@H](NC(C)=O)[C@H]6O)O[C@@H]5CO)[C@H](NC(C)=O)[C@H]4O)O[C@@H]3CO)OC(CO)[C@H](O)[C@@H]2O)c1. The number of benzene rings is 1. The van der Waals surface area contributed by atoms with Crippen LogP contribution in [0.3, 0.4) is 0 Å². The molecule has 5 amide bonds. The van der Waals surface area contributed by atoms with E-state index in [2.05, 4.69) is 33.5 Å². The number of hydrogen-bond acceptors (Lipinski definition) is 31. The van der Waals surface area contributed by atoms with Crippen LogP contribution in [0.25, 0.3) is 0 Å². The number of ether oxygens (including phenoxy) is 13. The third-order valence-corrected chi connectivity index (χ3v) is 18.2. The van der Waals surface area contributed by atoms with Gasteiger partial charge in [0.2, 0.25) is 23.6 Å². The minimum atomic E-state index is -2.06. The zero-order valence-corrected chi connectivity index (χ0v) is 56.4. The van der Waals surface area contributed by atoms with Crippen LogP contribution in [-0.4, -0.2) is 327 Å². The van der Waals surface area contributed by atoms with Crippen LogP contribution in [0.4, 0.5) is 0 Å². The monoisotopic (exact) mass is 1430 g/mol. The summed E-state index contributed by atoms with van der Waals surface area (Å²) in [6, 6.07) is -2.38. The standard InChI is InChI=1S/C63H103N5O31/c1-8-9-10-11-12-13-14-15-16-20-88-33-19-17-18-32(21-33)57(85)68-40-46(79)45(78)34(22-69)92-59(40)96-52-35(23-70)93-60(41(48(52)81)65-29(4)74)97-53-36(24-71)94-61(42(49(53)82)66-30(5)75)98-54-37(25-72)95-62(43(50(54)83)67-31(6)76)99-55-38(91-58(86)39(47(55)80)64-28(3)73)26-89-63-56(87-7)51(84)44(77)27(2)90-63/h17-19,21,27,34-56,58-63,69-72,77-84,86H,8-16,20,22-26H2,1-7H3,(H,64,73)(H,65,74)(H,66,75)(H,67,76)(H,68,85)/t27?,34?,35-,36?,37-,38?,39-,40-,41?,42-,43?,44?,45+,46-,47-,48?,49-,50?,51-,52-,53?,54-,55?,56+,58?,59?,60?,61+,62?,63+/m1/s1. The Morgan fingerprint density at radius 2 is 0.838 bits per heavy atom. The predicted molar refractivity (Wildman–Crippen MR) is 333 cm³/mol. The zero-order chi connectivity index (χ0) is 72.5. The first-order valence-electron chi connectivity index (χ1n) is 33.6. The van der Waals surface area contributed by atoms with E-state index in [1.54, 1.807) is 12.1 Å². The number of unbranched alkanes of at least 4 members (excludes halogenated alkanes) is 8. The van der Waals surface area contributed by atoms with Crippen molar-refractivity contribution in [3.63, 3.8) is 0 Å². The summed E-state index contributed by atoms with van der Waals surface area (Å²) in [6.07, 6.45) is -33.4. The molecule has 0 radical (unpaired) electrons. The van der Waals surface area contributed by atoms with Crippen molar-refractivity contribution in [3.05, 3.63) is 29.8 Å². The number of amides is 5. The lowest BCUT2D eigenvalue weighted by molar-refractivity contribution is -0.368. The van der Waals surface area contributed by atoms with Crippen molar-refractivity contribution >= 4 is 29.5 Å². The number of nitrogens with one attached hydrogen (secondary N) is 5. The van der Waals surface area contributed by atoms with Gasteiger partial charge in [0.1, 0.15) is 146 Å². The molecule has 0 bridgehead atoms. The van der Waals surface area contributed by atoms with Crippen molar-refractivity contribution < 1.29 is 152 Å². The molecular weight excluding hydrogens is 1320 g/mol. The Hall–Kier alpha value is -4.63. The first-order valence-corrected chi connectivity index (χ1v) is 33.6. The normalized spacial score (nSPS) is 39.5. The highest BCUT2D eigenvalue weighted by Gasteiger charge is 2.58. The number of methoxy groups -OCH3 is 1. The van der Waals surface area contributed by atoms with E-state index in [4.69, 9.17) is 61.6 Å². The summed E-state index contributed by atoms with van der Waals surface area (Å²) in [5, 5.41) is 159. The molecule has 15 unspecified atom stereocenters. The molecule has 0 aliphatic carbocycles. The van der Waals surface area contributed by atoms with Crippen LogP contribution in [0.15, 0.2) is 24.3 Å². The minimum Gasteiger partial charge on any atom is -0.494 e. The quantitative estimate of drug-likeness (QED) is 0.0291. The Morgan fingerprint density at radius 3 is 1.27 bits per heavy atom. The second-order valence-corrected chi connectivity index (χ2v) is 25.6. The highest BCUT2D eigenvalue weighted by atomic mass is 16.8. The molecule has 30 atom stereocenters. The Balaban J connectivity index is 1.07. The van der Waals surface area contributed by atoms with E-state index in [9.17, 15) is 90.4 Å². The molecule has 18 N–H and O–H groups in total. The molecule has 1 aromatic rings. The van der Waals surface area contributed by atoms with Gasteiger partial charge in [0.05, 0.1) is 45.7 Å². The molecule has 99 heavy (non-hydrogen) atoms. The number of hydrogen-bond donors (Lipinski definition) is 18. The molecule has 0 spiro atoms. The molecule has 0 saturated carbocycles. The molecule has 6 heterocycles. The number of aliphatic hydroxyl groups is 13. The molecule has 6 aliphatic rings. The van der Waals surface area contributed by atoms with Gasteiger partial charge in [-0.05, 0) is 31.5 Å². The summed E-state index contributed by atoms with van der Waals surface area (Å²) < 4.78 is 78.0. The topological polar surface area (TPSA) is 528 Å². The van der Waals surface area contributed by atoms with Gasteiger partial charge in [0.25, 0.3) is 5.91 Å². The van der Waals surface area contributed by atoms with Gasteiger partial charge in [0, 0.05) is 40.4 Å². The van der Waals surface area contributed by atoms with Gasteiger partial charge < -0.3 is 155 Å². The molecule has 566 valence electrons. The van der Waals surface area contributed by atoms with Crippen molar-refractivity contribution in [1.29, 1.82) is 0 Å².